The quantitative estimate of drug-likeness (QED) is 0.447. The van der Waals surface area contributed by atoms with Gasteiger partial charge in [0.25, 0.3) is 0 Å². The van der Waals surface area contributed by atoms with E-state index in [1.165, 1.54) is 16.8 Å². The molecule has 0 spiro atoms. The van der Waals surface area contributed by atoms with Crippen molar-refractivity contribution in [2.45, 2.75) is 34.1 Å². The number of aryl methyl sites for hydroxylation is 3. The zero-order valence-electron chi connectivity index (χ0n) is 16.5. The van der Waals surface area contributed by atoms with Crippen LogP contribution in [0.2, 0.25) is 5.02 Å². The molecule has 0 aliphatic heterocycles. The average molecular weight is 401 g/mol. The molecule has 5 heteroatoms. The van der Waals surface area contributed by atoms with Crippen LogP contribution in [0.15, 0.2) is 36.4 Å². The molecule has 0 saturated heterocycles. The van der Waals surface area contributed by atoms with E-state index in [9.17, 15) is 0 Å². The van der Waals surface area contributed by atoms with Gasteiger partial charge in [0.15, 0.2) is 5.13 Å². The lowest BCUT2D eigenvalue weighted by molar-refractivity contribution is 0.415. The van der Waals surface area contributed by atoms with Crippen LogP contribution in [0.25, 0.3) is 11.3 Å². The Balaban J connectivity index is 2.05. The van der Waals surface area contributed by atoms with Gasteiger partial charge < -0.3 is 9.64 Å². The molecule has 0 aliphatic carbocycles. The van der Waals surface area contributed by atoms with Crippen molar-refractivity contribution in [3.63, 3.8) is 0 Å². The van der Waals surface area contributed by atoms with Gasteiger partial charge in [-0.1, -0.05) is 24.6 Å². The molecule has 0 atom stereocenters. The van der Waals surface area contributed by atoms with Crippen molar-refractivity contribution in [2.75, 3.05) is 18.6 Å². The van der Waals surface area contributed by atoms with Gasteiger partial charge in [-0.05, 0) is 68.7 Å². The molecule has 1 aromatic heterocycles. The molecule has 3 nitrogen and oxygen atoms in total. The Morgan fingerprint density at radius 3 is 2.37 bits per heavy atom. The van der Waals surface area contributed by atoms with Crippen LogP contribution < -0.4 is 9.64 Å². The van der Waals surface area contributed by atoms with Gasteiger partial charge in [-0.2, -0.15) is 0 Å². The predicted octanol–water partition coefficient (Wildman–Crippen LogP) is 6.95. The maximum atomic E-state index is 6.49. The van der Waals surface area contributed by atoms with E-state index in [1.54, 1.807) is 18.4 Å². The number of methoxy groups -OCH3 is 1. The van der Waals surface area contributed by atoms with E-state index in [2.05, 4.69) is 50.8 Å². The number of nitrogens with zero attached hydrogens (tertiary/aromatic N) is 2. The summed E-state index contributed by atoms with van der Waals surface area (Å²) < 4.78 is 5.26. The van der Waals surface area contributed by atoms with Crippen molar-refractivity contribution < 1.29 is 4.74 Å². The number of thiazole rings is 1. The Bertz CT molecular complexity index is 931. The highest BCUT2D eigenvalue weighted by atomic mass is 35.5. The Morgan fingerprint density at radius 1 is 1.07 bits per heavy atom. The van der Waals surface area contributed by atoms with Crippen molar-refractivity contribution in [1.29, 1.82) is 0 Å². The van der Waals surface area contributed by atoms with Crippen LogP contribution in [-0.2, 0) is 0 Å². The standard InChI is InChI=1S/C22H25ClN2OS/c1-6-9-25(17-11-14(2)10-15(3)12-17)22-24-21(16(4)27-22)19-8-7-18(26-5)13-20(19)23/h7-8,10-13H,6,9H2,1-5H3. The Hall–Kier alpha value is -2.04. The summed E-state index contributed by atoms with van der Waals surface area (Å²) in [5, 5.41) is 1.66. The van der Waals surface area contributed by atoms with Crippen LogP contribution in [0.1, 0.15) is 29.3 Å². The number of ether oxygens (including phenoxy) is 1. The summed E-state index contributed by atoms with van der Waals surface area (Å²) in [5.41, 5.74) is 5.59. The Morgan fingerprint density at radius 2 is 1.78 bits per heavy atom. The fraction of sp³-hybridized carbons (Fsp3) is 0.318. The van der Waals surface area contributed by atoms with Crippen molar-refractivity contribution in [1.82, 2.24) is 4.98 Å². The summed E-state index contributed by atoms with van der Waals surface area (Å²) in [7, 11) is 1.64. The van der Waals surface area contributed by atoms with Gasteiger partial charge >= 0.3 is 0 Å². The van der Waals surface area contributed by atoms with Crippen LogP contribution in [0.4, 0.5) is 10.8 Å². The summed E-state index contributed by atoms with van der Waals surface area (Å²) in [6.07, 6.45) is 1.05. The Labute approximate surface area is 170 Å². The summed E-state index contributed by atoms with van der Waals surface area (Å²) in [6.45, 7) is 9.48. The lowest BCUT2D eigenvalue weighted by atomic mass is 10.1. The highest BCUT2D eigenvalue weighted by molar-refractivity contribution is 7.16. The van der Waals surface area contributed by atoms with Gasteiger partial charge in [0.05, 0.1) is 17.8 Å². The molecule has 3 rings (SSSR count). The molecule has 27 heavy (non-hydrogen) atoms. The third kappa shape index (κ3) is 4.28. The molecule has 0 radical (unpaired) electrons. The number of benzene rings is 2. The average Bonchev–Trinajstić information content (AvgIpc) is 2.99. The van der Waals surface area contributed by atoms with Gasteiger partial charge in [0.1, 0.15) is 5.75 Å². The van der Waals surface area contributed by atoms with Crippen LogP contribution in [0, 0.1) is 20.8 Å². The first-order chi connectivity index (χ1) is 12.9. The maximum Gasteiger partial charge on any atom is 0.190 e. The molecule has 0 aliphatic rings. The predicted molar refractivity (Wildman–Crippen MR) is 117 cm³/mol. The molecular formula is C22H25ClN2OS. The number of rotatable bonds is 6. The molecule has 0 fully saturated rings. The summed E-state index contributed by atoms with van der Waals surface area (Å²) >= 11 is 8.20. The third-order valence-corrected chi connectivity index (χ3v) is 5.72. The van der Waals surface area contributed by atoms with Gasteiger partial charge in [0.2, 0.25) is 0 Å². The third-order valence-electron chi connectivity index (χ3n) is 4.41. The highest BCUT2D eigenvalue weighted by Gasteiger charge is 2.18. The molecule has 1 heterocycles. The second kappa shape index (κ2) is 8.32. The summed E-state index contributed by atoms with van der Waals surface area (Å²) in [4.78, 5) is 8.43. The SMILES string of the molecule is CCCN(c1cc(C)cc(C)c1)c1nc(-c2ccc(OC)cc2Cl)c(C)s1. The van der Waals surface area contributed by atoms with Gasteiger partial charge in [-0.15, -0.1) is 11.3 Å². The van der Waals surface area contributed by atoms with Crippen molar-refractivity contribution in [2.24, 2.45) is 0 Å². The van der Waals surface area contributed by atoms with E-state index in [-0.39, 0.29) is 0 Å². The first kappa shape index (κ1) is 19.7. The summed E-state index contributed by atoms with van der Waals surface area (Å²) in [6, 6.07) is 12.4. The molecule has 0 amide bonds. The van der Waals surface area contributed by atoms with E-state index >= 15 is 0 Å². The van der Waals surface area contributed by atoms with Crippen LogP contribution in [0.5, 0.6) is 5.75 Å². The molecule has 0 saturated carbocycles. The minimum absolute atomic E-state index is 0.655. The summed E-state index contributed by atoms with van der Waals surface area (Å²) in [5.74, 6) is 0.750. The largest absolute Gasteiger partial charge is 0.497 e. The second-order valence-corrected chi connectivity index (χ2v) is 8.33. The minimum Gasteiger partial charge on any atom is -0.497 e. The van der Waals surface area contributed by atoms with Crippen LogP contribution in [0.3, 0.4) is 0 Å². The second-order valence-electron chi connectivity index (χ2n) is 6.74. The number of hydrogen-bond acceptors (Lipinski definition) is 4. The smallest absolute Gasteiger partial charge is 0.190 e. The van der Waals surface area contributed by atoms with Gasteiger partial charge in [-0.25, -0.2) is 4.98 Å². The minimum atomic E-state index is 0.655. The zero-order valence-corrected chi connectivity index (χ0v) is 18.0. The molecule has 0 N–H and O–H groups in total. The van der Waals surface area contributed by atoms with E-state index in [1.807, 2.05) is 18.2 Å². The first-order valence-electron chi connectivity index (χ1n) is 9.10. The lowest BCUT2D eigenvalue weighted by Gasteiger charge is -2.22. The van der Waals surface area contributed by atoms with Crippen molar-refractivity contribution >= 4 is 33.8 Å². The lowest BCUT2D eigenvalue weighted by Crippen LogP contribution is -2.17. The molecule has 3 aromatic rings. The molecule has 0 bridgehead atoms. The van der Waals surface area contributed by atoms with Gasteiger partial charge in [-0.3, -0.25) is 0 Å². The fourth-order valence-corrected chi connectivity index (χ4v) is 4.46. The molecule has 0 unspecified atom stereocenters. The Kier molecular flexibility index (Phi) is 6.08. The fourth-order valence-electron chi connectivity index (χ4n) is 3.23. The van der Waals surface area contributed by atoms with E-state index in [0.717, 1.165) is 40.0 Å². The zero-order chi connectivity index (χ0) is 19.6. The number of hydrogen-bond donors (Lipinski definition) is 0. The van der Waals surface area contributed by atoms with Crippen LogP contribution >= 0.6 is 22.9 Å². The maximum absolute atomic E-state index is 6.49. The van der Waals surface area contributed by atoms with E-state index in [4.69, 9.17) is 21.3 Å². The number of anilines is 2. The molecular weight excluding hydrogens is 376 g/mol. The van der Waals surface area contributed by atoms with E-state index in [0.29, 0.717) is 5.02 Å². The molecule has 142 valence electrons. The normalized spacial score (nSPS) is 10.9. The molecule has 2 aromatic carbocycles. The monoisotopic (exact) mass is 400 g/mol. The highest BCUT2D eigenvalue weighted by Crippen LogP contribution is 2.39. The first-order valence-corrected chi connectivity index (χ1v) is 10.3. The van der Waals surface area contributed by atoms with E-state index < -0.39 is 0 Å². The topological polar surface area (TPSA) is 25.4 Å². The van der Waals surface area contributed by atoms with Gasteiger partial charge in [0, 0.05) is 22.7 Å². The van der Waals surface area contributed by atoms with Crippen LogP contribution in [-0.4, -0.2) is 18.6 Å². The van der Waals surface area contributed by atoms with Crippen molar-refractivity contribution in [3.05, 3.63) is 57.4 Å². The number of halogens is 1. The number of aromatic nitrogens is 1. The van der Waals surface area contributed by atoms with Crippen molar-refractivity contribution in [3.8, 4) is 17.0 Å².